The minimum atomic E-state index is -0.263. The van der Waals surface area contributed by atoms with Crippen LogP contribution in [0.1, 0.15) is 16.9 Å². The van der Waals surface area contributed by atoms with E-state index in [-0.39, 0.29) is 18.4 Å². The van der Waals surface area contributed by atoms with Crippen molar-refractivity contribution in [2.45, 2.75) is 25.6 Å². The lowest BCUT2D eigenvalue weighted by atomic mass is 10.1. The summed E-state index contributed by atoms with van der Waals surface area (Å²) in [6, 6.07) is 11.8. The lowest BCUT2D eigenvalue weighted by Crippen LogP contribution is -2.35. The molecule has 130 valence electrons. The number of nitrogens with two attached hydrogens (primary N) is 1. The smallest absolute Gasteiger partial charge is 0.225 e. The largest absolute Gasteiger partial charge is 0.496 e. The maximum atomic E-state index is 12.8. The summed E-state index contributed by atoms with van der Waals surface area (Å²) in [5.41, 5.74) is 6.63. The van der Waals surface area contributed by atoms with E-state index in [0.29, 0.717) is 19.6 Å². The number of hydrogen-bond donors (Lipinski definition) is 1. The maximum absolute atomic E-state index is 12.8. The van der Waals surface area contributed by atoms with Gasteiger partial charge in [0, 0.05) is 30.6 Å². The number of methoxy groups -OCH3 is 2. The van der Waals surface area contributed by atoms with Gasteiger partial charge in [-0.25, -0.2) is 0 Å². The lowest BCUT2D eigenvalue weighted by Gasteiger charge is -2.25. The molecule has 0 radical (unpaired) electrons. The molecule has 0 aliphatic heterocycles. The van der Waals surface area contributed by atoms with Crippen LogP contribution in [0.25, 0.3) is 0 Å². The first-order valence-electron chi connectivity index (χ1n) is 7.82. The molecule has 5 nitrogen and oxygen atoms in total. The SMILES string of the molecule is COc1ccccc1CN(Cc1cccs1)C(=O)CC(CN)OC. The maximum Gasteiger partial charge on any atom is 0.225 e. The third kappa shape index (κ3) is 5.06. The predicted octanol–water partition coefficient (Wildman–Crippen LogP) is 2.65. The van der Waals surface area contributed by atoms with Gasteiger partial charge in [0.05, 0.1) is 26.2 Å². The molecule has 1 aromatic heterocycles. The number of nitrogens with zero attached hydrogens (tertiary/aromatic N) is 1. The first kappa shape index (κ1) is 18.4. The van der Waals surface area contributed by atoms with Crippen LogP contribution in [-0.4, -0.2) is 37.7 Å². The van der Waals surface area contributed by atoms with Crippen molar-refractivity contribution in [3.63, 3.8) is 0 Å². The normalized spacial score (nSPS) is 12.0. The Labute approximate surface area is 147 Å². The van der Waals surface area contributed by atoms with Crippen molar-refractivity contribution in [3.05, 3.63) is 52.2 Å². The molecule has 1 unspecified atom stereocenters. The standard InChI is InChI=1S/C18H24N2O3S/c1-22-15(11-19)10-18(21)20(13-16-7-5-9-24-16)12-14-6-3-4-8-17(14)23-2/h3-9,15H,10-13,19H2,1-2H3. The van der Waals surface area contributed by atoms with Gasteiger partial charge in [0.1, 0.15) is 5.75 Å². The molecular formula is C18H24N2O3S. The van der Waals surface area contributed by atoms with Crippen LogP contribution in [-0.2, 0) is 22.6 Å². The van der Waals surface area contributed by atoms with Crippen LogP contribution >= 0.6 is 11.3 Å². The number of para-hydroxylation sites is 1. The molecule has 0 aliphatic rings. The molecule has 1 aromatic carbocycles. The summed E-state index contributed by atoms with van der Waals surface area (Å²) in [5.74, 6) is 0.801. The molecule has 0 bridgehead atoms. The molecule has 0 fully saturated rings. The van der Waals surface area contributed by atoms with Crippen molar-refractivity contribution in [1.29, 1.82) is 0 Å². The van der Waals surface area contributed by atoms with E-state index in [1.807, 2.05) is 46.7 Å². The van der Waals surface area contributed by atoms with Gasteiger partial charge in [0.25, 0.3) is 0 Å². The highest BCUT2D eigenvalue weighted by molar-refractivity contribution is 7.09. The number of ether oxygens (including phenoxy) is 2. The minimum Gasteiger partial charge on any atom is -0.496 e. The van der Waals surface area contributed by atoms with Crippen LogP contribution in [0.3, 0.4) is 0 Å². The van der Waals surface area contributed by atoms with Gasteiger partial charge in [-0.3, -0.25) is 4.79 Å². The van der Waals surface area contributed by atoms with Crippen molar-refractivity contribution in [3.8, 4) is 5.75 Å². The average Bonchev–Trinajstić information content (AvgIpc) is 3.12. The molecular weight excluding hydrogens is 324 g/mol. The van der Waals surface area contributed by atoms with Crippen molar-refractivity contribution >= 4 is 17.2 Å². The molecule has 2 rings (SSSR count). The molecule has 0 spiro atoms. The number of hydrogen-bond acceptors (Lipinski definition) is 5. The molecule has 24 heavy (non-hydrogen) atoms. The topological polar surface area (TPSA) is 64.8 Å². The van der Waals surface area contributed by atoms with E-state index in [4.69, 9.17) is 15.2 Å². The van der Waals surface area contributed by atoms with Crippen LogP contribution in [0.5, 0.6) is 5.75 Å². The predicted molar refractivity (Wildman–Crippen MR) is 96.0 cm³/mol. The Kier molecular flexibility index (Phi) is 7.24. The first-order chi connectivity index (χ1) is 11.7. The van der Waals surface area contributed by atoms with E-state index in [9.17, 15) is 4.79 Å². The van der Waals surface area contributed by atoms with Crippen LogP contribution < -0.4 is 10.5 Å². The van der Waals surface area contributed by atoms with Crippen LogP contribution in [0.15, 0.2) is 41.8 Å². The average molecular weight is 348 g/mol. The Bertz CT molecular complexity index is 627. The third-order valence-corrected chi connectivity index (χ3v) is 4.69. The van der Waals surface area contributed by atoms with E-state index < -0.39 is 0 Å². The fourth-order valence-corrected chi connectivity index (χ4v) is 3.17. The van der Waals surface area contributed by atoms with Gasteiger partial charge >= 0.3 is 0 Å². The number of amides is 1. The van der Waals surface area contributed by atoms with Gasteiger partial charge in [-0.1, -0.05) is 24.3 Å². The quantitative estimate of drug-likeness (QED) is 0.757. The van der Waals surface area contributed by atoms with Crippen molar-refractivity contribution in [1.82, 2.24) is 4.90 Å². The van der Waals surface area contributed by atoms with Crippen molar-refractivity contribution in [2.24, 2.45) is 5.73 Å². The van der Waals surface area contributed by atoms with Gasteiger partial charge in [-0.05, 0) is 17.5 Å². The number of carbonyl (C=O) groups is 1. The highest BCUT2D eigenvalue weighted by atomic mass is 32.1. The van der Waals surface area contributed by atoms with Crippen molar-refractivity contribution < 1.29 is 14.3 Å². The number of thiophene rings is 1. The van der Waals surface area contributed by atoms with Gasteiger partial charge in [0.2, 0.25) is 5.91 Å². The van der Waals surface area contributed by atoms with Crippen LogP contribution in [0.4, 0.5) is 0 Å². The Balaban J connectivity index is 2.17. The first-order valence-corrected chi connectivity index (χ1v) is 8.70. The van der Waals surface area contributed by atoms with Crippen molar-refractivity contribution in [2.75, 3.05) is 20.8 Å². The Morgan fingerprint density at radius 3 is 2.62 bits per heavy atom. The lowest BCUT2D eigenvalue weighted by molar-refractivity contribution is -0.134. The Morgan fingerprint density at radius 1 is 1.21 bits per heavy atom. The molecule has 1 atom stereocenters. The molecule has 2 N–H and O–H groups in total. The number of rotatable bonds is 9. The zero-order chi connectivity index (χ0) is 17.4. The minimum absolute atomic E-state index is 0.0200. The van der Waals surface area contributed by atoms with Gasteiger partial charge in [-0.2, -0.15) is 0 Å². The second-order valence-electron chi connectivity index (χ2n) is 5.44. The summed E-state index contributed by atoms with van der Waals surface area (Å²) in [6.45, 7) is 1.38. The van der Waals surface area contributed by atoms with Crippen LogP contribution in [0.2, 0.25) is 0 Å². The molecule has 0 saturated heterocycles. The summed E-state index contributed by atoms with van der Waals surface area (Å²) in [4.78, 5) is 15.7. The Morgan fingerprint density at radius 2 is 2.00 bits per heavy atom. The van der Waals surface area contributed by atoms with E-state index in [0.717, 1.165) is 16.2 Å². The monoisotopic (exact) mass is 348 g/mol. The number of carbonyl (C=O) groups excluding carboxylic acids is 1. The molecule has 0 aliphatic carbocycles. The molecule has 2 aromatic rings. The molecule has 1 heterocycles. The molecule has 6 heteroatoms. The summed E-state index contributed by atoms with van der Waals surface area (Å²) in [5, 5.41) is 2.01. The Hall–Kier alpha value is -1.89. The van der Waals surface area contributed by atoms with E-state index in [1.165, 1.54) is 0 Å². The summed E-state index contributed by atoms with van der Waals surface area (Å²) in [7, 11) is 3.22. The third-order valence-electron chi connectivity index (χ3n) is 3.83. The van der Waals surface area contributed by atoms with Gasteiger partial charge in [-0.15, -0.1) is 11.3 Å². The summed E-state index contributed by atoms with van der Waals surface area (Å²) in [6.07, 6.45) is 0.00839. The second kappa shape index (κ2) is 9.42. The zero-order valence-corrected chi connectivity index (χ0v) is 14.9. The highest BCUT2D eigenvalue weighted by Crippen LogP contribution is 2.22. The molecule has 0 saturated carbocycles. The fourth-order valence-electron chi connectivity index (χ4n) is 2.45. The second-order valence-corrected chi connectivity index (χ2v) is 6.47. The highest BCUT2D eigenvalue weighted by Gasteiger charge is 2.20. The summed E-state index contributed by atoms with van der Waals surface area (Å²) >= 11 is 1.64. The van der Waals surface area contributed by atoms with E-state index >= 15 is 0 Å². The zero-order valence-electron chi connectivity index (χ0n) is 14.1. The van der Waals surface area contributed by atoms with E-state index in [2.05, 4.69) is 0 Å². The fraction of sp³-hybridized carbons (Fsp3) is 0.389. The van der Waals surface area contributed by atoms with E-state index in [1.54, 1.807) is 25.6 Å². The van der Waals surface area contributed by atoms with Gasteiger partial charge in [0.15, 0.2) is 0 Å². The number of benzene rings is 1. The van der Waals surface area contributed by atoms with Gasteiger partial charge < -0.3 is 20.1 Å². The van der Waals surface area contributed by atoms with Crippen LogP contribution in [0, 0.1) is 0 Å². The summed E-state index contributed by atoms with van der Waals surface area (Å²) < 4.78 is 10.7. The molecule has 1 amide bonds.